The standard InChI is InChI=1S/C23H19ClN2O7/c1-11-4-22(29)33-19-8-20(16(24)7-14(11)19)32-10-21(28)26-18(23(30)31)5-12-9-25-17-3-2-13(27)6-15(12)17/h2-4,6-9,18,25,27H,5,10H2,1H3,(H,26,28)(H,30,31)/t18-/m0/s1. The van der Waals surface area contributed by atoms with Crippen molar-refractivity contribution in [3.8, 4) is 11.5 Å². The van der Waals surface area contributed by atoms with Gasteiger partial charge in [0.25, 0.3) is 5.91 Å². The van der Waals surface area contributed by atoms with Gasteiger partial charge in [0.2, 0.25) is 0 Å². The number of aromatic hydroxyl groups is 1. The fraction of sp³-hybridized carbons (Fsp3) is 0.174. The Hall–Kier alpha value is -3.98. The summed E-state index contributed by atoms with van der Waals surface area (Å²) in [4.78, 5) is 38.7. The molecule has 0 aliphatic rings. The predicted octanol–water partition coefficient (Wildman–Crippen LogP) is 3.13. The van der Waals surface area contributed by atoms with Crippen LogP contribution >= 0.6 is 11.6 Å². The average Bonchev–Trinajstić information content (AvgIpc) is 3.14. The molecular weight excluding hydrogens is 452 g/mol. The molecule has 33 heavy (non-hydrogen) atoms. The summed E-state index contributed by atoms with van der Waals surface area (Å²) in [5.74, 6) is -1.73. The minimum atomic E-state index is -1.23. The molecule has 0 radical (unpaired) electrons. The fourth-order valence-electron chi connectivity index (χ4n) is 3.56. The van der Waals surface area contributed by atoms with E-state index in [0.717, 1.165) is 5.52 Å². The second-order valence-corrected chi connectivity index (χ2v) is 7.93. The molecule has 2 aromatic carbocycles. The van der Waals surface area contributed by atoms with Gasteiger partial charge in [0.05, 0.1) is 5.02 Å². The molecule has 0 unspecified atom stereocenters. The van der Waals surface area contributed by atoms with E-state index in [2.05, 4.69) is 10.3 Å². The number of hydrogen-bond acceptors (Lipinski definition) is 6. The summed E-state index contributed by atoms with van der Waals surface area (Å²) in [5, 5.41) is 23.2. The first-order valence-corrected chi connectivity index (χ1v) is 10.3. The van der Waals surface area contributed by atoms with Crippen molar-refractivity contribution in [3.05, 3.63) is 69.2 Å². The van der Waals surface area contributed by atoms with E-state index in [1.54, 1.807) is 25.3 Å². The smallest absolute Gasteiger partial charge is 0.336 e. The second kappa shape index (κ2) is 8.87. The number of H-pyrrole nitrogens is 1. The molecule has 1 atom stereocenters. The zero-order valence-corrected chi connectivity index (χ0v) is 18.1. The molecule has 0 fully saturated rings. The molecule has 0 saturated carbocycles. The topological polar surface area (TPSA) is 142 Å². The van der Waals surface area contributed by atoms with Crippen LogP contribution in [0.5, 0.6) is 11.5 Å². The molecule has 2 aromatic heterocycles. The first-order valence-electron chi connectivity index (χ1n) is 9.89. The fourth-order valence-corrected chi connectivity index (χ4v) is 3.78. The summed E-state index contributed by atoms with van der Waals surface area (Å²) < 4.78 is 10.6. The van der Waals surface area contributed by atoms with Gasteiger partial charge in [0, 0.05) is 41.0 Å². The van der Waals surface area contributed by atoms with Crippen LogP contribution in [0.3, 0.4) is 0 Å². The van der Waals surface area contributed by atoms with Crippen LogP contribution in [0.4, 0.5) is 0 Å². The third-order valence-corrected chi connectivity index (χ3v) is 5.47. The summed E-state index contributed by atoms with van der Waals surface area (Å²) in [5.41, 5.74) is 1.76. The third kappa shape index (κ3) is 4.78. The number of carboxylic acid groups (broad SMARTS) is 1. The molecule has 2 heterocycles. The highest BCUT2D eigenvalue weighted by atomic mass is 35.5. The third-order valence-electron chi connectivity index (χ3n) is 5.17. The summed E-state index contributed by atoms with van der Waals surface area (Å²) >= 11 is 6.22. The number of ether oxygens (including phenoxy) is 1. The number of fused-ring (bicyclic) bond motifs is 2. The molecule has 10 heteroatoms. The van der Waals surface area contributed by atoms with E-state index < -0.39 is 30.2 Å². The van der Waals surface area contributed by atoms with Crippen LogP contribution in [0.2, 0.25) is 5.02 Å². The number of halogens is 1. The Morgan fingerprint density at radius 2 is 2.00 bits per heavy atom. The van der Waals surface area contributed by atoms with Crippen molar-refractivity contribution in [2.45, 2.75) is 19.4 Å². The second-order valence-electron chi connectivity index (χ2n) is 7.52. The number of aliphatic carboxylic acids is 1. The van der Waals surface area contributed by atoms with Gasteiger partial charge in [-0.1, -0.05) is 11.6 Å². The van der Waals surface area contributed by atoms with Crippen LogP contribution in [-0.4, -0.2) is 39.7 Å². The maximum absolute atomic E-state index is 12.4. The Bertz CT molecular complexity index is 1440. The molecule has 0 aliphatic carbocycles. The number of nitrogens with one attached hydrogen (secondary N) is 2. The number of carbonyl (C=O) groups is 2. The maximum Gasteiger partial charge on any atom is 0.336 e. The number of carbonyl (C=O) groups excluding carboxylic acids is 1. The van der Waals surface area contributed by atoms with Crippen molar-refractivity contribution in [3.63, 3.8) is 0 Å². The molecule has 170 valence electrons. The van der Waals surface area contributed by atoms with Crippen molar-refractivity contribution in [2.75, 3.05) is 6.61 Å². The lowest BCUT2D eigenvalue weighted by molar-refractivity contribution is -0.142. The van der Waals surface area contributed by atoms with Gasteiger partial charge in [0.15, 0.2) is 6.61 Å². The molecule has 0 spiro atoms. The first kappa shape index (κ1) is 22.2. The maximum atomic E-state index is 12.4. The number of aromatic nitrogens is 1. The number of phenols is 1. The average molecular weight is 471 g/mol. The molecule has 1 amide bonds. The summed E-state index contributed by atoms with van der Waals surface area (Å²) in [6.07, 6.45) is 1.62. The van der Waals surface area contributed by atoms with E-state index in [-0.39, 0.29) is 28.5 Å². The van der Waals surface area contributed by atoms with Crippen LogP contribution in [0.1, 0.15) is 11.1 Å². The lowest BCUT2D eigenvalue weighted by Crippen LogP contribution is -2.44. The number of rotatable bonds is 7. The summed E-state index contributed by atoms with van der Waals surface area (Å²) in [6.45, 7) is 1.24. The molecule has 0 bridgehead atoms. The number of amides is 1. The van der Waals surface area contributed by atoms with E-state index in [4.69, 9.17) is 20.8 Å². The SMILES string of the molecule is Cc1cc(=O)oc2cc(OCC(=O)N[C@@H](Cc3c[nH]c4ccc(O)cc34)C(=O)O)c(Cl)cc12. The van der Waals surface area contributed by atoms with Gasteiger partial charge in [0.1, 0.15) is 23.1 Å². The predicted molar refractivity (Wildman–Crippen MR) is 121 cm³/mol. The van der Waals surface area contributed by atoms with E-state index >= 15 is 0 Å². The van der Waals surface area contributed by atoms with Crippen LogP contribution in [-0.2, 0) is 16.0 Å². The van der Waals surface area contributed by atoms with Crippen LogP contribution in [0.25, 0.3) is 21.9 Å². The van der Waals surface area contributed by atoms with Gasteiger partial charge in [-0.05, 0) is 42.3 Å². The molecule has 0 aliphatic heterocycles. The Morgan fingerprint density at radius 3 is 2.76 bits per heavy atom. The lowest BCUT2D eigenvalue weighted by atomic mass is 10.0. The summed E-state index contributed by atoms with van der Waals surface area (Å²) in [6, 6.07) is 7.80. The van der Waals surface area contributed by atoms with Gasteiger partial charge in [-0.25, -0.2) is 9.59 Å². The van der Waals surface area contributed by atoms with Gasteiger partial charge in [-0.3, -0.25) is 4.79 Å². The van der Waals surface area contributed by atoms with E-state index in [1.165, 1.54) is 24.3 Å². The largest absolute Gasteiger partial charge is 0.508 e. The Balaban J connectivity index is 1.46. The lowest BCUT2D eigenvalue weighted by Gasteiger charge is -2.15. The van der Waals surface area contributed by atoms with Gasteiger partial charge in [-0.2, -0.15) is 0 Å². The number of carboxylic acids is 1. The molecule has 4 aromatic rings. The highest BCUT2D eigenvalue weighted by Crippen LogP contribution is 2.31. The number of benzene rings is 2. The number of phenolic OH excluding ortho intramolecular Hbond substituents is 1. The first-order chi connectivity index (χ1) is 15.7. The van der Waals surface area contributed by atoms with Crippen molar-refractivity contribution in [1.29, 1.82) is 0 Å². The van der Waals surface area contributed by atoms with Crippen LogP contribution in [0.15, 0.2) is 51.8 Å². The van der Waals surface area contributed by atoms with Crippen molar-refractivity contribution < 1.29 is 29.0 Å². The number of aryl methyl sites for hydroxylation is 1. The molecule has 4 N–H and O–H groups in total. The van der Waals surface area contributed by atoms with E-state index in [9.17, 15) is 24.6 Å². The van der Waals surface area contributed by atoms with Crippen molar-refractivity contribution in [2.24, 2.45) is 0 Å². The number of hydrogen-bond donors (Lipinski definition) is 4. The number of aromatic amines is 1. The van der Waals surface area contributed by atoms with Crippen LogP contribution in [0, 0.1) is 6.92 Å². The zero-order valence-electron chi connectivity index (χ0n) is 17.3. The Labute approximate surface area is 191 Å². The highest BCUT2D eigenvalue weighted by molar-refractivity contribution is 6.32. The molecule has 4 rings (SSSR count). The minimum Gasteiger partial charge on any atom is -0.508 e. The Kier molecular flexibility index (Phi) is 5.97. The van der Waals surface area contributed by atoms with Crippen LogP contribution < -0.4 is 15.7 Å². The van der Waals surface area contributed by atoms with Crippen molar-refractivity contribution in [1.82, 2.24) is 10.3 Å². The van der Waals surface area contributed by atoms with Gasteiger partial charge >= 0.3 is 11.6 Å². The Morgan fingerprint density at radius 1 is 1.21 bits per heavy atom. The van der Waals surface area contributed by atoms with Crippen molar-refractivity contribution >= 4 is 45.3 Å². The minimum absolute atomic E-state index is 0.00824. The van der Waals surface area contributed by atoms with E-state index in [1.807, 2.05) is 0 Å². The normalized spacial score (nSPS) is 12.1. The monoisotopic (exact) mass is 470 g/mol. The van der Waals surface area contributed by atoms with Gasteiger partial charge in [-0.15, -0.1) is 0 Å². The molecular formula is C23H19ClN2O7. The molecule has 0 saturated heterocycles. The quantitative estimate of drug-likeness (QED) is 0.304. The van der Waals surface area contributed by atoms with Gasteiger partial charge < -0.3 is 29.7 Å². The van der Waals surface area contributed by atoms with E-state index in [0.29, 0.717) is 21.9 Å². The highest BCUT2D eigenvalue weighted by Gasteiger charge is 2.22. The molecule has 9 nitrogen and oxygen atoms in total. The zero-order chi connectivity index (χ0) is 23.7. The summed E-state index contributed by atoms with van der Waals surface area (Å²) in [7, 11) is 0.